The Balaban J connectivity index is 1.92. The smallest absolute Gasteiger partial charge is 0.127 e. The molecule has 3 heteroatoms. The number of unbranched alkanes of at least 4 members (excludes halogenated alkanes) is 5. The van der Waals surface area contributed by atoms with Crippen LogP contribution in [0.5, 0.6) is 11.5 Å². The molecule has 0 N–H and O–H groups in total. The summed E-state index contributed by atoms with van der Waals surface area (Å²) in [6, 6.07) is 10.5. The second-order valence-electron chi connectivity index (χ2n) is 6.20. The van der Waals surface area contributed by atoms with E-state index in [1.807, 2.05) is 19.1 Å². The molecule has 2 nitrogen and oxygen atoms in total. The molecule has 0 heterocycles. The van der Waals surface area contributed by atoms with Gasteiger partial charge >= 0.3 is 0 Å². The Hall–Kier alpha value is -1.41. The van der Waals surface area contributed by atoms with Crippen LogP contribution < -0.4 is 9.47 Å². The van der Waals surface area contributed by atoms with Crippen molar-refractivity contribution in [2.24, 2.45) is 0 Å². The first-order valence-corrected chi connectivity index (χ1v) is 9.64. The van der Waals surface area contributed by atoms with Gasteiger partial charge in [0.15, 0.2) is 0 Å². The summed E-state index contributed by atoms with van der Waals surface area (Å²) in [6.45, 7) is 5.56. The van der Waals surface area contributed by atoms with Gasteiger partial charge in [0.25, 0.3) is 0 Å². The minimum atomic E-state index is 0.674. The van der Waals surface area contributed by atoms with E-state index in [1.165, 1.54) is 31.2 Å². The van der Waals surface area contributed by atoms with E-state index in [2.05, 4.69) is 25.1 Å². The number of aryl methyl sites for hydroxylation is 1. The number of fused-ring (bicyclic) bond motifs is 1. The van der Waals surface area contributed by atoms with Crippen LogP contribution in [0.15, 0.2) is 30.3 Å². The molecule has 0 aliphatic heterocycles. The fraction of sp³-hybridized carbons (Fsp3) is 0.524. The van der Waals surface area contributed by atoms with E-state index in [4.69, 9.17) is 21.1 Å². The van der Waals surface area contributed by atoms with E-state index in [0.717, 1.165) is 47.6 Å². The molecule has 0 saturated heterocycles. The molecule has 0 spiro atoms. The molecule has 0 aliphatic carbocycles. The van der Waals surface area contributed by atoms with E-state index >= 15 is 0 Å². The summed E-state index contributed by atoms with van der Waals surface area (Å²) in [6.07, 6.45) is 7.24. The monoisotopic (exact) mass is 348 g/mol. The lowest BCUT2D eigenvalue weighted by atomic mass is 10.1. The number of ether oxygens (including phenoxy) is 2. The zero-order valence-electron chi connectivity index (χ0n) is 14.9. The van der Waals surface area contributed by atoms with Crippen LogP contribution in [0.1, 0.15) is 51.0 Å². The maximum Gasteiger partial charge on any atom is 0.127 e. The highest BCUT2D eigenvalue weighted by Gasteiger charge is 2.08. The van der Waals surface area contributed by atoms with E-state index in [1.54, 1.807) is 0 Å². The third-order valence-electron chi connectivity index (χ3n) is 4.18. The summed E-state index contributed by atoms with van der Waals surface area (Å²) in [5.74, 6) is 2.67. The molecule has 2 aromatic carbocycles. The van der Waals surface area contributed by atoms with Crippen LogP contribution in [-0.2, 0) is 0 Å². The minimum Gasteiger partial charge on any atom is -0.493 e. The van der Waals surface area contributed by atoms with Gasteiger partial charge in [0.1, 0.15) is 11.5 Å². The summed E-state index contributed by atoms with van der Waals surface area (Å²) in [4.78, 5) is 0. The molecule has 0 aromatic heterocycles. The summed E-state index contributed by atoms with van der Waals surface area (Å²) < 4.78 is 11.8. The Bertz CT molecular complexity index is 625. The van der Waals surface area contributed by atoms with Crippen molar-refractivity contribution >= 4 is 22.4 Å². The molecule has 0 aliphatic rings. The topological polar surface area (TPSA) is 18.5 Å². The van der Waals surface area contributed by atoms with Crippen LogP contribution in [0.2, 0.25) is 0 Å². The number of hydrogen-bond acceptors (Lipinski definition) is 2. The van der Waals surface area contributed by atoms with Crippen molar-refractivity contribution in [1.29, 1.82) is 0 Å². The lowest BCUT2D eigenvalue weighted by Crippen LogP contribution is -1.99. The number of alkyl halides is 1. The standard InChI is InChI=1S/C21H29ClO2/c1-3-23-20-12-13-21(19-16-17(2)10-11-18(19)20)24-15-9-7-5-4-6-8-14-22/h10-13,16H,3-9,14-15H2,1-2H3. The molecule has 0 fully saturated rings. The van der Waals surface area contributed by atoms with Gasteiger partial charge in [0.05, 0.1) is 13.2 Å². The molecule has 2 aromatic rings. The van der Waals surface area contributed by atoms with Crippen LogP contribution in [0.4, 0.5) is 0 Å². The van der Waals surface area contributed by atoms with E-state index in [-0.39, 0.29) is 0 Å². The number of rotatable bonds is 11. The molecule has 2 rings (SSSR count). The second kappa shape index (κ2) is 10.5. The maximum atomic E-state index is 6.06. The lowest BCUT2D eigenvalue weighted by molar-refractivity contribution is 0.306. The molecule has 24 heavy (non-hydrogen) atoms. The summed E-state index contributed by atoms with van der Waals surface area (Å²) in [5.41, 5.74) is 1.24. The van der Waals surface area contributed by atoms with Gasteiger partial charge in [0.2, 0.25) is 0 Å². The average Bonchev–Trinajstić information content (AvgIpc) is 2.59. The zero-order chi connectivity index (χ0) is 17.2. The Morgan fingerprint density at radius 1 is 0.792 bits per heavy atom. The van der Waals surface area contributed by atoms with Crippen molar-refractivity contribution in [3.63, 3.8) is 0 Å². The van der Waals surface area contributed by atoms with Gasteiger partial charge < -0.3 is 9.47 Å². The quantitative estimate of drug-likeness (QED) is 0.340. The van der Waals surface area contributed by atoms with Crippen molar-refractivity contribution in [2.45, 2.75) is 52.4 Å². The fourth-order valence-corrected chi connectivity index (χ4v) is 3.09. The predicted molar refractivity (Wildman–Crippen MR) is 104 cm³/mol. The molecular weight excluding hydrogens is 320 g/mol. The van der Waals surface area contributed by atoms with Crippen molar-refractivity contribution in [3.05, 3.63) is 35.9 Å². The van der Waals surface area contributed by atoms with Gasteiger partial charge in [-0.2, -0.15) is 0 Å². The first-order chi connectivity index (χ1) is 11.8. The third-order valence-corrected chi connectivity index (χ3v) is 4.44. The van der Waals surface area contributed by atoms with Gasteiger partial charge in [-0.15, -0.1) is 11.6 Å². The molecule has 0 bridgehead atoms. The molecule has 0 unspecified atom stereocenters. The van der Waals surface area contributed by atoms with E-state index < -0.39 is 0 Å². The molecular formula is C21H29ClO2. The summed E-state index contributed by atoms with van der Waals surface area (Å²) in [7, 11) is 0. The van der Waals surface area contributed by atoms with Crippen LogP contribution in [0.25, 0.3) is 10.8 Å². The normalized spacial score (nSPS) is 11.0. The Morgan fingerprint density at radius 3 is 2.17 bits per heavy atom. The van der Waals surface area contributed by atoms with Gasteiger partial charge in [-0.3, -0.25) is 0 Å². The SMILES string of the molecule is CCOc1ccc(OCCCCCCCCCl)c2cc(C)ccc12. The van der Waals surface area contributed by atoms with E-state index in [9.17, 15) is 0 Å². The Morgan fingerprint density at radius 2 is 1.46 bits per heavy atom. The predicted octanol–water partition coefficient (Wildman–Crippen LogP) is 6.51. The van der Waals surface area contributed by atoms with Crippen LogP contribution in [0.3, 0.4) is 0 Å². The van der Waals surface area contributed by atoms with Crippen molar-refractivity contribution in [1.82, 2.24) is 0 Å². The first kappa shape index (κ1) is 18.9. The lowest BCUT2D eigenvalue weighted by Gasteiger charge is -2.13. The van der Waals surface area contributed by atoms with Crippen LogP contribution >= 0.6 is 11.6 Å². The summed E-state index contributed by atoms with van der Waals surface area (Å²) >= 11 is 5.69. The molecule has 0 radical (unpaired) electrons. The third kappa shape index (κ3) is 5.59. The Labute approximate surface area is 151 Å². The van der Waals surface area contributed by atoms with Crippen molar-refractivity contribution in [2.75, 3.05) is 19.1 Å². The maximum absolute atomic E-state index is 6.06. The molecule has 0 atom stereocenters. The zero-order valence-corrected chi connectivity index (χ0v) is 15.7. The van der Waals surface area contributed by atoms with Crippen LogP contribution in [0, 0.1) is 6.92 Å². The molecule has 132 valence electrons. The highest BCUT2D eigenvalue weighted by atomic mass is 35.5. The number of hydrogen-bond donors (Lipinski definition) is 0. The van der Waals surface area contributed by atoms with Crippen LogP contribution in [-0.4, -0.2) is 19.1 Å². The average molecular weight is 349 g/mol. The summed E-state index contributed by atoms with van der Waals surface area (Å²) in [5, 5.41) is 2.27. The number of halogens is 1. The minimum absolute atomic E-state index is 0.674. The van der Waals surface area contributed by atoms with Crippen molar-refractivity contribution in [3.8, 4) is 11.5 Å². The fourth-order valence-electron chi connectivity index (χ4n) is 2.90. The number of benzene rings is 2. The Kier molecular flexibility index (Phi) is 8.24. The second-order valence-corrected chi connectivity index (χ2v) is 6.58. The van der Waals surface area contributed by atoms with Crippen molar-refractivity contribution < 1.29 is 9.47 Å². The van der Waals surface area contributed by atoms with Gasteiger partial charge in [0, 0.05) is 16.7 Å². The largest absolute Gasteiger partial charge is 0.493 e. The highest BCUT2D eigenvalue weighted by Crippen LogP contribution is 2.34. The van der Waals surface area contributed by atoms with Gasteiger partial charge in [-0.25, -0.2) is 0 Å². The highest BCUT2D eigenvalue weighted by molar-refractivity contribution is 6.17. The molecule has 0 amide bonds. The van der Waals surface area contributed by atoms with E-state index in [0.29, 0.717) is 6.61 Å². The molecule has 0 saturated carbocycles. The van der Waals surface area contributed by atoms with Gasteiger partial charge in [-0.05, 0) is 44.9 Å². The van der Waals surface area contributed by atoms with Gasteiger partial charge in [-0.1, -0.05) is 43.4 Å². The first-order valence-electron chi connectivity index (χ1n) is 9.11.